The summed E-state index contributed by atoms with van der Waals surface area (Å²) < 4.78 is 5.23. The number of guanidine groups is 2. The fourth-order valence-electron chi connectivity index (χ4n) is 1.07. The molecule has 14 heavy (non-hydrogen) atoms. The molecule has 6 N–H and O–H groups in total. The summed E-state index contributed by atoms with van der Waals surface area (Å²) in [5, 5.41) is 0. The Kier molecular flexibility index (Phi) is 3.93. The van der Waals surface area contributed by atoms with Crippen LogP contribution in [0.2, 0.25) is 0 Å². The third-order valence-electron chi connectivity index (χ3n) is 1.67. The molecule has 0 aromatic rings. The van der Waals surface area contributed by atoms with Gasteiger partial charge in [-0.15, -0.1) is 0 Å². The zero-order valence-corrected chi connectivity index (χ0v) is 7.94. The van der Waals surface area contributed by atoms with Gasteiger partial charge in [0.15, 0.2) is 5.96 Å². The largest absolute Gasteiger partial charge is 0.377 e. The van der Waals surface area contributed by atoms with E-state index >= 15 is 0 Å². The Morgan fingerprint density at radius 2 is 2.21 bits per heavy atom. The van der Waals surface area contributed by atoms with Crippen molar-refractivity contribution in [3.63, 3.8) is 0 Å². The number of hydrogen-bond acceptors (Lipinski definition) is 2. The van der Waals surface area contributed by atoms with Gasteiger partial charge in [-0.1, -0.05) is 6.08 Å². The van der Waals surface area contributed by atoms with Crippen LogP contribution in [0.15, 0.2) is 21.6 Å². The van der Waals surface area contributed by atoms with Crippen LogP contribution < -0.4 is 17.2 Å². The average Bonchev–Trinajstić information content (AvgIpc) is 2.15. The van der Waals surface area contributed by atoms with Crippen molar-refractivity contribution in [2.75, 3.05) is 19.8 Å². The molecule has 0 atom stereocenters. The minimum atomic E-state index is -0.0832. The van der Waals surface area contributed by atoms with Crippen molar-refractivity contribution in [3.8, 4) is 0 Å². The lowest BCUT2D eigenvalue weighted by Gasteiger charge is -2.11. The Bertz CT molecular complexity index is 277. The number of aliphatic imine (C=N–C) groups is 2. The van der Waals surface area contributed by atoms with Gasteiger partial charge in [0.2, 0.25) is 5.96 Å². The molecule has 0 bridgehead atoms. The Labute approximate surface area is 82.5 Å². The summed E-state index contributed by atoms with van der Waals surface area (Å²) in [6, 6.07) is 0. The van der Waals surface area contributed by atoms with E-state index in [1.165, 1.54) is 0 Å². The van der Waals surface area contributed by atoms with E-state index in [4.69, 9.17) is 21.9 Å². The van der Waals surface area contributed by atoms with Crippen LogP contribution in [0.1, 0.15) is 6.42 Å². The molecule has 0 aliphatic carbocycles. The predicted octanol–water partition coefficient (Wildman–Crippen LogP) is -1.08. The molecule has 0 amide bonds. The molecule has 0 radical (unpaired) electrons. The normalized spacial score (nSPS) is 17.4. The Morgan fingerprint density at radius 1 is 1.43 bits per heavy atom. The molecule has 0 aromatic carbocycles. The van der Waals surface area contributed by atoms with Gasteiger partial charge in [-0.05, 0) is 12.0 Å². The number of nitrogens with zero attached hydrogens (tertiary/aromatic N) is 2. The van der Waals surface area contributed by atoms with Crippen molar-refractivity contribution < 1.29 is 4.74 Å². The van der Waals surface area contributed by atoms with Gasteiger partial charge in [-0.2, -0.15) is 4.99 Å². The summed E-state index contributed by atoms with van der Waals surface area (Å²) in [5.41, 5.74) is 16.8. The monoisotopic (exact) mass is 197 g/mol. The SMILES string of the molecule is NC(N)=NC(N)=NCC1=CCCOC1. The van der Waals surface area contributed by atoms with Crippen molar-refractivity contribution in [1.29, 1.82) is 0 Å². The minimum absolute atomic E-state index is 0.0832. The fraction of sp³-hybridized carbons (Fsp3) is 0.500. The van der Waals surface area contributed by atoms with Crippen molar-refractivity contribution >= 4 is 11.9 Å². The maximum Gasteiger partial charge on any atom is 0.218 e. The van der Waals surface area contributed by atoms with Gasteiger partial charge in [0, 0.05) is 0 Å². The molecule has 0 aromatic heterocycles. The first-order chi connectivity index (χ1) is 6.68. The maximum atomic E-state index is 5.43. The van der Waals surface area contributed by atoms with Gasteiger partial charge in [0.1, 0.15) is 0 Å². The van der Waals surface area contributed by atoms with Crippen LogP contribution in [0.25, 0.3) is 0 Å². The highest BCUT2D eigenvalue weighted by atomic mass is 16.5. The van der Waals surface area contributed by atoms with Crippen LogP contribution in [-0.2, 0) is 4.74 Å². The van der Waals surface area contributed by atoms with Gasteiger partial charge in [0.05, 0.1) is 19.8 Å². The fourth-order valence-corrected chi connectivity index (χ4v) is 1.07. The molecule has 78 valence electrons. The summed E-state index contributed by atoms with van der Waals surface area (Å²) in [7, 11) is 0. The summed E-state index contributed by atoms with van der Waals surface area (Å²) in [6.45, 7) is 1.87. The van der Waals surface area contributed by atoms with Gasteiger partial charge in [0.25, 0.3) is 0 Å². The molecule has 1 heterocycles. The standard InChI is InChI=1S/C8H15N5O/c9-7(10)13-8(11)12-4-6-2-1-3-14-5-6/h2H,1,3-5H2,(H6,9,10,11,12,13). The van der Waals surface area contributed by atoms with Crippen molar-refractivity contribution in [3.05, 3.63) is 11.6 Å². The van der Waals surface area contributed by atoms with Crippen LogP contribution in [0.4, 0.5) is 0 Å². The number of rotatable bonds is 2. The number of nitrogens with two attached hydrogens (primary N) is 3. The third kappa shape index (κ3) is 3.90. The van der Waals surface area contributed by atoms with Crippen LogP contribution >= 0.6 is 0 Å². The van der Waals surface area contributed by atoms with Crippen molar-refractivity contribution in [2.45, 2.75) is 6.42 Å². The Hall–Kier alpha value is -1.56. The second kappa shape index (κ2) is 5.23. The first-order valence-corrected chi connectivity index (χ1v) is 4.33. The average molecular weight is 197 g/mol. The molecule has 0 fully saturated rings. The maximum absolute atomic E-state index is 5.43. The lowest BCUT2D eigenvalue weighted by molar-refractivity contribution is 0.150. The topological polar surface area (TPSA) is 112 Å². The molecule has 0 saturated heterocycles. The highest BCUT2D eigenvalue weighted by molar-refractivity contribution is 5.92. The zero-order valence-electron chi connectivity index (χ0n) is 7.94. The second-order valence-corrected chi connectivity index (χ2v) is 2.91. The predicted molar refractivity (Wildman–Crippen MR) is 55.8 cm³/mol. The van der Waals surface area contributed by atoms with E-state index in [-0.39, 0.29) is 11.9 Å². The van der Waals surface area contributed by atoms with Crippen molar-refractivity contribution in [2.24, 2.45) is 27.2 Å². The van der Waals surface area contributed by atoms with E-state index in [1.807, 2.05) is 0 Å². The van der Waals surface area contributed by atoms with E-state index in [0.717, 1.165) is 18.6 Å². The zero-order chi connectivity index (χ0) is 10.4. The van der Waals surface area contributed by atoms with E-state index in [2.05, 4.69) is 16.1 Å². The van der Waals surface area contributed by atoms with Gasteiger partial charge in [-0.25, -0.2) is 4.99 Å². The first kappa shape index (κ1) is 10.5. The van der Waals surface area contributed by atoms with Crippen LogP contribution in [0, 0.1) is 0 Å². The molecule has 0 spiro atoms. The summed E-state index contributed by atoms with van der Waals surface area (Å²) in [6.07, 6.45) is 3.02. The number of hydrogen-bond donors (Lipinski definition) is 3. The quantitative estimate of drug-likeness (QED) is 0.297. The van der Waals surface area contributed by atoms with Crippen LogP contribution in [0.5, 0.6) is 0 Å². The molecule has 6 heteroatoms. The third-order valence-corrected chi connectivity index (χ3v) is 1.67. The van der Waals surface area contributed by atoms with Gasteiger partial charge >= 0.3 is 0 Å². The van der Waals surface area contributed by atoms with Crippen LogP contribution in [-0.4, -0.2) is 31.7 Å². The molecule has 0 unspecified atom stereocenters. The van der Waals surface area contributed by atoms with E-state index < -0.39 is 0 Å². The van der Waals surface area contributed by atoms with Gasteiger partial charge in [-0.3, -0.25) is 0 Å². The highest BCUT2D eigenvalue weighted by Gasteiger charge is 2.02. The Balaban J connectivity index is 2.45. The van der Waals surface area contributed by atoms with E-state index in [0.29, 0.717) is 13.2 Å². The summed E-state index contributed by atoms with van der Waals surface area (Å²) >= 11 is 0. The van der Waals surface area contributed by atoms with E-state index in [9.17, 15) is 0 Å². The van der Waals surface area contributed by atoms with Crippen molar-refractivity contribution in [1.82, 2.24) is 0 Å². The minimum Gasteiger partial charge on any atom is -0.377 e. The molecule has 6 nitrogen and oxygen atoms in total. The highest BCUT2D eigenvalue weighted by Crippen LogP contribution is 2.05. The summed E-state index contributed by atoms with van der Waals surface area (Å²) in [4.78, 5) is 7.58. The molecular weight excluding hydrogens is 182 g/mol. The molecular formula is C8H15N5O. The lowest BCUT2D eigenvalue weighted by atomic mass is 10.2. The molecule has 1 aliphatic heterocycles. The molecule has 0 saturated carbocycles. The Morgan fingerprint density at radius 3 is 2.79 bits per heavy atom. The van der Waals surface area contributed by atoms with Crippen LogP contribution in [0.3, 0.4) is 0 Å². The lowest BCUT2D eigenvalue weighted by Crippen LogP contribution is -2.26. The first-order valence-electron chi connectivity index (χ1n) is 4.33. The second-order valence-electron chi connectivity index (χ2n) is 2.91. The molecule has 1 rings (SSSR count). The summed E-state index contributed by atoms with van der Waals surface area (Å²) in [5.74, 6) is 0.0107. The molecule has 1 aliphatic rings. The van der Waals surface area contributed by atoms with Gasteiger partial charge < -0.3 is 21.9 Å². The smallest absolute Gasteiger partial charge is 0.218 e. The van der Waals surface area contributed by atoms with E-state index in [1.54, 1.807) is 0 Å². The number of ether oxygens (including phenoxy) is 1.